The van der Waals surface area contributed by atoms with Crippen LogP contribution in [0.25, 0.3) is 17.1 Å². The first-order valence-corrected chi connectivity index (χ1v) is 13.2. The fraction of sp³-hybridized carbons (Fsp3) is 0.0909. The van der Waals surface area contributed by atoms with Crippen LogP contribution >= 0.6 is 12.2 Å². The fourth-order valence-electron chi connectivity index (χ4n) is 4.94. The van der Waals surface area contributed by atoms with Crippen molar-refractivity contribution in [1.29, 1.82) is 0 Å². The molecule has 5 aromatic rings. The smallest absolute Gasteiger partial charge is 0.266 e. The van der Waals surface area contributed by atoms with Crippen molar-refractivity contribution in [2.75, 3.05) is 14.2 Å². The second-order valence-electron chi connectivity index (χ2n) is 9.26. The SMILES string of the molecule is COc1ccc(-n2c3c(c(=O)n(-c4ccc(OC)cc4)c2=S)C(c2ccccc2)C=C(c2ccccc2)O3)cc1. The molecule has 0 N–H and O–H groups in total. The molecule has 0 saturated heterocycles. The maximum absolute atomic E-state index is 14.4. The lowest BCUT2D eigenvalue weighted by Gasteiger charge is -2.29. The molecular formula is C33H26N2O4S. The summed E-state index contributed by atoms with van der Waals surface area (Å²) in [4.78, 5) is 14.4. The molecule has 2 heterocycles. The highest BCUT2D eigenvalue weighted by Gasteiger charge is 2.32. The normalized spacial score (nSPS) is 14.1. The van der Waals surface area contributed by atoms with Gasteiger partial charge < -0.3 is 14.2 Å². The van der Waals surface area contributed by atoms with Crippen molar-refractivity contribution in [3.8, 4) is 28.8 Å². The van der Waals surface area contributed by atoms with Gasteiger partial charge in [0.25, 0.3) is 5.56 Å². The van der Waals surface area contributed by atoms with Gasteiger partial charge in [-0.15, -0.1) is 0 Å². The van der Waals surface area contributed by atoms with E-state index in [0.29, 0.717) is 34.4 Å². The second kappa shape index (κ2) is 10.7. The molecule has 1 aliphatic rings. The van der Waals surface area contributed by atoms with E-state index in [1.165, 1.54) is 0 Å². The number of rotatable bonds is 6. The van der Waals surface area contributed by atoms with E-state index in [2.05, 4.69) is 0 Å². The Bertz CT molecular complexity index is 1810. The number of nitrogens with zero attached hydrogens (tertiary/aromatic N) is 2. The maximum Gasteiger partial charge on any atom is 0.266 e. The Balaban J connectivity index is 1.69. The first-order chi connectivity index (χ1) is 19.6. The Morgan fingerprint density at radius 3 is 1.77 bits per heavy atom. The summed E-state index contributed by atoms with van der Waals surface area (Å²) in [6.07, 6.45) is 2.01. The summed E-state index contributed by atoms with van der Waals surface area (Å²) < 4.78 is 21.0. The number of ether oxygens (including phenoxy) is 3. The minimum atomic E-state index is -0.378. The van der Waals surface area contributed by atoms with E-state index in [-0.39, 0.29) is 16.2 Å². The van der Waals surface area contributed by atoms with Crippen molar-refractivity contribution >= 4 is 18.0 Å². The van der Waals surface area contributed by atoms with Gasteiger partial charge in [-0.05, 0) is 72.4 Å². The van der Waals surface area contributed by atoms with Crippen LogP contribution in [-0.2, 0) is 0 Å². The highest BCUT2D eigenvalue weighted by molar-refractivity contribution is 7.71. The summed E-state index contributed by atoms with van der Waals surface area (Å²) in [7, 11) is 3.23. The van der Waals surface area contributed by atoms with Crippen LogP contribution in [0.15, 0.2) is 120 Å². The summed E-state index contributed by atoms with van der Waals surface area (Å²) in [5.74, 6) is 2.06. The molecule has 1 unspecified atom stereocenters. The minimum absolute atomic E-state index is 0.243. The molecule has 198 valence electrons. The molecule has 4 aromatic carbocycles. The molecule has 7 heteroatoms. The molecule has 0 aliphatic carbocycles. The highest BCUT2D eigenvalue weighted by Crippen LogP contribution is 2.41. The number of methoxy groups -OCH3 is 2. The van der Waals surface area contributed by atoms with Gasteiger partial charge in [-0.3, -0.25) is 13.9 Å². The zero-order valence-corrected chi connectivity index (χ0v) is 22.8. The predicted molar refractivity (Wildman–Crippen MR) is 159 cm³/mol. The van der Waals surface area contributed by atoms with E-state index in [4.69, 9.17) is 26.4 Å². The van der Waals surface area contributed by atoms with Crippen molar-refractivity contribution in [1.82, 2.24) is 9.13 Å². The van der Waals surface area contributed by atoms with Crippen molar-refractivity contribution in [2.24, 2.45) is 0 Å². The fourth-order valence-corrected chi connectivity index (χ4v) is 5.32. The van der Waals surface area contributed by atoms with E-state index in [1.54, 1.807) is 18.8 Å². The van der Waals surface area contributed by atoms with E-state index in [1.807, 2.05) is 120 Å². The van der Waals surface area contributed by atoms with Gasteiger partial charge in [0.15, 0.2) is 4.77 Å². The first-order valence-electron chi connectivity index (χ1n) is 12.8. The van der Waals surface area contributed by atoms with Crippen LogP contribution in [0.5, 0.6) is 17.4 Å². The Morgan fingerprint density at radius 2 is 1.23 bits per heavy atom. The predicted octanol–water partition coefficient (Wildman–Crippen LogP) is 6.94. The average molecular weight is 547 g/mol. The van der Waals surface area contributed by atoms with Gasteiger partial charge in [-0.1, -0.05) is 60.7 Å². The number of fused-ring (bicyclic) bond motifs is 1. The Morgan fingerprint density at radius 1 is 0.700 bits per heavy atom. The quantitative estimate of drug-likeness (QED) is 0.216. The summed E-state index contributed by atoms with van der Waals surface area (Å²) >= 11 is 6.03. The van der Waals surface area contributed by atoms with E-state index in [0.717, 1.165) is 16.8 Å². The molecule has 40 heavy (non-hydrogen) atoms. The van der Waals surface area contributed by atoms with Crippen LogP contribution in [0.4, 0.5) is 0 Å². The minimum Gasteiger partial charge on any atom is -0.497 e. The summed E-state index contributed by atoms with van der Waals surface area (Å²) in [6, 6.07) is 34.6. The van der Waals surface area contributed by atoms with Crippen LogP contribution in [0.3, 0.4) is 0 Å². The van der Waals surface area contributed by atoms with Crippen molar-refractivity contribution in [3.63, 3.8) is 0 Å². The average Bonchev–Trinajstić information content (AvgIpc) is 3.02. The van der Waals surface area contributed by atoms with Gasteiger partial charge in [-0.25, -0.2) is 0 Å². The van der Waals surface area contributed by atoms with Gasteiger partial charge in [0.05, 0.1) is 31.2 Å². The Hall–Kier alpha value is -4.88. The third kappa shape index (κ3) is 4.50. The monoisotopic (exact) mass is 546 g/mol. The van der Waals surface area contributed by atoms with Gasteiger partial charge in [0.2, 0.25) is 5.88 Å². The number of benzene rings is 4. The van der Waals surface area contributed by atoms with Crippen LogP contribution in [0, 0.1) is 4.77 Å². The zero-order chi connectivity index (χ0) is 27.6. The zero-order valence-electron chi connectivity index (χ0n) is 22.0. The molecule has 6 nitrogen and oxygen atoms in total. The Labute approximate surface area is 237 Å². The van der Waals surface area contributed by atoms with E-state index in [9.17, 15) is 4.79 Å². The van der Waals surface area contributed by atoms with Crippen molar-refractivity contribution < 1.29 is 14.2 Å². The molecule has 0 fully saturated rings. The molecular weight excluding hydrogens is 520 g/mol. The molecule has 0 bridgehead atoms. The van der Waals surface area contributed by atoms with Gasteiger partial charge in [0, 0.05) is 11.5 Å². The topological polar surface area (TPSA) is 54.6 Å². The lowest BCUT2D eigenvalue weighted by Crippen LogP contribution is -2.31. The summed E-state index contributed by atoms with van der Waals surface area (Å²) in [6.45, 7) is 0. The standard InChI is InChI=1S/C33H26N2O4S/c1-37-26-17-13-24(14-18-26)34-31(36)30-28(22-9-5-3-6-10-22)21-29(23-11-7-4-8-12-23)39-32(30)35(33(34)40)25-15-19-27(38-2)20-16-25/h3-21,28H,1-2H3. The molecule has 6 rings (SSSR count). The maximum atomic E-state index is 14.4. The number of hydrogen-bond acceptors (Lipinski definition) is 5. The summed E-state index contributed by atoms with van der Waals surface area (Å²) in [5, 5.41) is 0. The number of aromatic nitrogens is 2. The first kappa shape index (κ1) is 25.4. The molecule has 1 atom stereocenters. The lowest BCUT2D eigenvalue weighted by atomic mass is 9.89. The van der Waals surface area contributed by atoms with E-state index >= 15 is 0 Å². The van der Waals surface area contributed by atoms with Gasteiger partial charge in [0.1, 0.15) is 17.3 Å². The van der Waals surface area contributed by atoms with Crippen molar-refractivity contribution in [3.05, 3.63) is 147 Å². The third-order valence-electron chi connectivity index (χ3n) is 6.96. The number of allylic oxidation sites excluding steroid dienone is 1. The molecule has 1 aromatic heterocycles. The van der Waals surface area contributed by atoms with Crippen molar-refractivity contribution in [2.45, 2.75) is 5.92 Å². The second-order valence-corrected chi connectivity index (χ2v) is 9.63. The Kier molecular flexibility index (Phi) is 6.80. The molecule has 0 radical (unpaired) electrons. The molecule has 0 saturated carbocycles. The third-order valence-corrected chi connectivity index (χ3v) is 7.33. The molecule has 0 amide bonds. The van der Waals surface area contributed by atoms with Crippen LogP contribution < -0.4 is 19.8 Å². The highest BCUT2D eigenvalue weighted by atomic mass is 32.1. The van der Waals surface area contributed by atoms with Crippen LogP contribution in [0.2, 0.25) is 0 Å². The van der Waals surface area contributed by atoms with E-state index < -0.39 is 0 Å². The van der Waals surface area contributed by atoms with Crippen LogP contribution in [0.1, 0.15) is 22.6 Å². The van der Waals surface area contributed by atoms with Crippen LogP contribution in [-0.4, -0.2) is 23.4 Å². The molecule has 0 spiro atoms. The lowest BCUT2D eigenvalue weighted by molar-refractivity contribution is 0.414. The van der Waals surface area contributed by atoms with Gasteiger partial charge in [-0.2, -0.15) is 0 Å². The van der Waals surface area contributed by atoms with Gasteiger partial charge >= 0.3 is 0 Å². The summed E-state index contributed by atoms with van der Waals surface area (Å²) in [5.41, 5.74) is 3.49. The molecule has 1 aliphatic heterocycles. The number of hydrogen-bond donors (Lipinski definition) is 0. The largest absolute Gasteiger partial charge is 0.497 e.